The molecule has 0 N–H and O–H groups in total. The molecule has 0 aliphatic heterocycles. The van der Waals surface area contributed by atoms with Gasteiger partial charge in [-0.25, -0.2) is 0 Å². The number of hydrogen-bond donors (Lipinski definition) is 0. The normalized spacial score (nSPS) is 13.2. The van der Waals surface area contributed by atoms with Crippen LogP contribution in [-0.4, -0.2) is 26.3 Å². The SMILES string of the molecule is CSC(C)CCn1cnnc1CCl. The quantitative estimate of drug-likeness (QED) is 0.712. The largest absolute Gasteiger partial charge is 0.317 e. The zero-order valence-corrected chi connectivity index (χ0v) is 9.48. The van der Waals surface area contributed by atoms with Crippen molar-refractivity contribution in [3.05, 3.63) is 12.2 Å². The minimum Gasteiger partial charge on any atom is -0.317 e. The Labute approximate surface area is 87.9 Å². The fraction of sp³-hybridized carbons (Fsp3) is 0.750. The van der Waals surface area contributed by atoms with Gasteiger partial charge in [-0.05, 0) is 12.7 Å². The van der Waals surface area contributed by atoms with Crippen LogP contribution in [0.25, 0.3) is 0 Å². The molecule has 1 unspecified atom stereocenters. The zero-order valence-electron chi connectivity index (χ0n) is 7.90. The Morgan fingerprint density at radius 3 is 3.08 bits per heavy atom. The van der Waals surface area contributed by atoms with E-state index in [9.17, 15) is 0 Å². The first-order valence-corrected chi connectivity index (χ1v) is 6.05. The van der Waals surface area contributed by atoms with Gasteiger partial charge in [-0.3, -0.25) is 0 Å². The first kappa shape index (κ1) is 10.9. The van der Waals surface area contributed by atoms with Gasteiger partial charge in [-0.1, -0.05) is 6.92 Å². The molecule has 13 heavy (non-hydrogen) atoms. The Balaban J connectivity index is 2.44. The molecule has 0 aliphatic carbocycles. The van der Waals surface area contributed by atoms with Gasteiger partial charge in [0.2, 0.25) is 0 Å². The lowest BCUT2D eigenvalue weighted by Crippen LogP contribution is -2.06. The number of hydrogen-bond acceptors (Lipinski definition) is 3. The Kier molecular flexibility index (Phi) is 4.59. The number of nitrogens with zero attached hydrogens (tertiary/aromatic N) is 3. The molecule has 0 spiro atoms. The second kappa shape index (κ2) is 5.50. The van der Waals surface area contributed by atoms with Crippen molar-refractivity contribution in [1.29, 1.82) is 0 Å². The molecule has 1 heterocycles. The first-order valence-electron chi connectivity index (χ1n) is 4.23. The summed E-state index contributed by atoms with van der Waals surface area (Å²) >= 11 is 7.57. The molecule has 1 aromatic heterocycles. The van der Waals surface area contributed by atoms with E-state index in [1.165, 1.54) is 0 Å². The van der Waals surface area contributed by atoms with Crippen molar-refractivity contribution in [2.75, 3.05) is 6.26 Å². The van der Waals surface area contributed by atoms with Crippen LogP contribution in [-0.2, 0) is 12.4 Å². The number of alkyl halides is 1. The van der Waals surface area contributed by atoms with Gasteiger partial charge in [-0.2, -0.15) is 11.8 Å². The second-order valence-corrected chi connectivity index (χ2v) is 4.45. The molecule has 3 nitrogen and oxygen atoms in total. The Morgan fingerprint density at radius 1 is 1.69 bits per heavy atom. The summed E-state index contributed by atoms with van der Waals surface area (Å²) in [4.78, 5) is 0. The van der Waals surface area contributed by atoms with Crippen molar-refractivity contribution in [3.63, 3.8) is 0 Å². The maximum Gasteiger partial charge on any atom is 0.147 e. The smallest absolute Gasteiger partial charge is 0.147 e. The van der Waals surface area contributed by atoms with Crippen LogP contribution < -0.4 is 0 Å². The van der Waals surface area contributed by atoms with Gasteiger partial charge in [0.15, 0.2) is 0 Å². The molecule has 1 atom stereocenters. The monoisotopic (exact) mass is 219 g/mol. The van der Waals surface area contributed by atoms with Crippen molar-refractivity contribution < 1.29 is 0 Å². The Hall–Kier alpha value is -0.220. The third kappa shape index (κ3) is 3.19. The van der Waals surface area contributed by atoms with Crippen LogP contribution in [0.5, 0.6) is 0 Å². The lowest BCUT2D eigenvalue weighted by molar-refractivity contribution is 0.621. The fourth-order valence-electron chi connectivity index (χ4n) is 1.01. The highest BCUT2D eigenvalue weighted by Crippen LogP contribution is 2.11. The fourth-order valence-corrected chi connectivity index (χ4v) is 1.56. The summed E-state index contributed by atoms with van der Waals surface area (Å²) in [6.45, 7) is 3.17. The average Bonchev–Trinajstić information content (AvgIpc) is 2.61. The summed E-state index contributed by atoms with van der Waals surface area (Å²) in [6, 6.07) is 0. The number of aromatic nitrogens is 3. The van der Waals surface area contributed by atoms with Crippen molar-refractivity contribution in [2.45, 2.75) is 31.0 Å². The summed E-state index contributed by atoms with van der Waals surface area (Å²) in [7, 11) is 0. The van der Waals surface area contributed by atoms with Crippen molar-refractivity contribution >= 4 is 23.4 Å². The van der Waals surface area contributed by atoms with Crippen LogP contribution in [0.1, 0.15) is 19.2 Å². The van der Waals surface area contributed by atoms with Gasteiger partial charge < -0.3 is 4.57 Å². The number of halogens is 1. The molecule has 0 aliphatic rings. The van der Waals surface area contributed by atoms with E-state index in [-0.39, 0.29) is 0 Å². The molecule has 0 amide bonds. The van der Waals surface area contributed by atoms with E-state index in [2.05, 4.69) is 23.4 Å². The average molecular weight is 220 g/mol. The summed E-state index contributed by atoms with van der Waals surface area (Å²) in [5.41, 5.74) is 0. The van der Waals surface area contributed by atoms with Gasteiger partial charge in [0.25, 0.3) is 0 Å². The topological polar surface area (TPSA) is 30.7 Å². The van der Waals surface area contributed by atoms with E-state index in [0.717, 1.165) is 18.8 Å². The van der Waals surface area contributed by atoms with Crippen LogP contribution in [0.3, 0.4) is 0 Å². The molecule has 0 bridgehead atoms. The molecule has 1 rings (SSSR count). The number of thioether (sulfide) groups is 1. The molecule has 5 heteroatoms. The van der Waals surface area contributed by atoms with E-state index in [4.69, 9.17) is 11.6 Å². The molecule has 0 aromatic carbocycles. The molecule has 0 saturated heterocycles. The van der Waals surface area contributed by atoms with Crippen molar-refractivity contribution in [1.82, 2.24) is 14.8 Å². The predicted molar refractivity (Wildman–Crippen MR) is 57.2 cm³/mol. The first-order chi connectivity index (χ1) is 6.27. The molecular formula is C8H14ClN3S. The zero-order chi connectivity index (χ0) is 9.68. The maximum atomic E-state index is 5.69. The molecular weight excluding hydrogens is 206 g/mol. The van der Waals surface area contributed by atoms with Crippen molar-refractivity contribution in [3.8, 4) is 0 Å². The van der Waals surface area contributed by atoms with E-state index in [1.807, 2.05) is 16.3 Å². The third-order valence-electron chi connectivity index (χ3n) is 1.99. The van der Waals surface area contributed by atoms with Gasteiger partial charge >= 0.3 is 0 Å². The second-order valence-electron chi connectivity index (χ2n) is 2.91. The van der Waals surface area contributed by atoms with Gasteiger partial charge in [0.1, 0.15) is 12.2 Å². The Bertz CT molecular complexity index is 251. The predicted octanol–water partition coefficient (Wildman–Crippen LogP) is 2.16. The third-order valence-corrected chi connectivity index (χ3v) is 3.27. The van der Waals surface area contributed by atoms with Crippen LogP contribution >= 0.6 is 23.4 Å². The van der Waals surface area contributed by atoms with Crippen LogP contribution in [0.15, 0.2) is 6.33 Å². The van der Waals surface area contributed by atoms with Gasteiger partial charge in [0.05, 0.1) is 5.88 Å². The maximum absolute atomic E-state index is 5.69. The van der Waals surface area contributed by atoms with E-state index < -0.39 is 0 Å². The number of aryl methyl sites for hydroxylation is 1. The minimum atomic E-state index is 0.438. The highest BCUT2D eigenvalue weighted by atomic mass is 35.5. The lowest BCUT2D eigenvalue weighted by Gasteiger charge is -2.08. The van der Waals surface area contributed by atoms with Crippen LogP contribution in [0, 0.1) is 0 Å². The Morgan fingerprint density at radius 2 is 2.46 bits per heavy atom. The van der Waals surface area contributed by atoms with E-state index >= 15 is 0 Å². The van der Waals surface area contributed by atoms with E-state index in [1.54, 1.807) is 6.33 Å². The molecule has 0 saturated carbocycles. The summed E-state index contributed by atoms with van der Waals surface area (Å²) in [5, 5.41) is 8.40. The number of rotatable bonds is 5. The molecule has 1 aromatic rings. The van der Waals surface area contributed by atoms with Crippen LogP contribution in [0.4, 0.5) is 0 Å². The summed E-state index contributed by atoms with van der Waals surface area (Å²) in [5.74, 6) is 1.29. The van der Waals surface area contributed by atoms with Gasteiger partial charge in [-0.15, -0.1) is 21.8 Å². The standard InChI is InChI=1S/C8H14ClN3S/c1-7(13-2)3-4-12-6-10-11-8(12)5-9/h6-7H,3-5H2,1-2H3. The lowest BCUT2D eigenvalue weighted by atomic mass is 10.3. The summed E-state index contributed by atoms with van der Waals surface area (Å²) in [6.07, 6.45) is 4.99. The summed E-state index contributed by atoms with van der Waals surface area (Å²) < 4.78 is 2.01. The van der Waals surface area contributed by atoms with Gasteiger partial charge in [0, 0.05) is 11.8 Å². The van der Waals surface area contributed by atoms with E-state index in [0.29, 0.717) is 11.1 Å². The molecule has 0 radical (unpaired) electrons. The van der Waals surface area contributed by atoms with Crippen molar-refractivity contribution in [2.24, 2.45) is 0 Å². The molecule has 0 fully saturated rings. The minimum absolute atomic E-state index is 0.438. The highest BCUT2D eigenvalue weighted by Gasteiger charge is 2.04. The highest BCUT2D eigenvalue weighted by molar-refractivity contribution is 7.99. The van der Waals surface area contributed by atoms with Crippen LogP contribution in [0.2, 0.25) is 0 Å². The molecule has 74 valence electrons.